The first-order chi connectivity index (χ1) is 7.09. The van der Waals surface area contributed by atoms with Crippen molar-refractivity contribution in [3.63, 3.8) is 0 Å². The SMILES string of the molecule is Cc1cocc1C(=O)c1cc(Cl)sc1Cl. The lowest BCUT2D eigenvalue weighted by Crippen LogP contribution is -2.00. The summed E-state index contributed by atoms with van der Waals surface area (Å²) in [7, 11) is 0. The predicted octanol–water partition coefficient (Wildman–Crippen LogP) is 4.19. The van der Waals surface area contributed by atoms with E-state index in [1.54, 1.807) is 13.0 Å². The van der Waals surface area contributed by atoms with Crippen molar-refractivity contribution in [2.75, 3.05) is 0 Å². The van der Waals surface area contributed by atoms with Gasteiger partial charge in [-0.25, -0.2) is 0 Å². The fourth-order valence-electron chi connectivity index (χ4n) is 1.23. The minimum atomic E-state index is -0.158. The Hall–Kier alpha value is -0.770. The van der Waals surface area contributed by atoms with Gasteiger partial charge in [-0.1, -0.05) is 23.2 Å². The molecular formula is C10H6Cl2O2S. The maximum Gasteiger partial charge on any atom is 0.198 e. The Morgan fingerprint density at radius 3 is 2.53 bits per heavy atom. The zero-order chi connectivity index (χ0) is 11.0. The molecule has 0 atom stereocenters. The molecule has 0 aliphatic rings. The number of hydrogen-bond acceptors (Lipinski definition) is 3. The van der Waals surface area contributed by atoms with E-state index in [1.807, 2.05) is 0 Å². The highest BCUT2D eigenvalue weighted by Gasteiger charge is 2.18. The summed E-state index contributed by atoms with van der Waals surface area (Å²) in [6.45, 7) is 1.80. The molecule has 0 saturated heterocycles. The number of carbonyl (C=O) groups is 1. The Kier molecular flexibility index (Phi) is 2.87. The Balaban J connectivity index is 2.45. The zero-order valence-electron chi connectivity index (χ0n) is 7.71. The molecule has 2 nitrogen and oxygen atoms in total. The lowest BCUT2D eigenvalue weighted by molar-refractivity contribution is 0.103. The molecule has 2 aromatic rings. The van der Waals surface area contributed by atoms with Crippen LogP contribution in [0, 0.1) is 6.92 Å². The normalized spacial score (nSPS) is 10.6. The Labute approximate surface area is 100 Å². The van der Waals surface area contributed by atoms with Crippen LogP contribution in [0.2, 0.25) is 8.67 Å². The second kappa shape index (κ2) is 4.00. The summed E-state index contributed by atoms with van der Waals surface area (Å²) in [5, 5.41) is 0. The number of carbonyl (C=O) groups excluding carboxylic acids is 1. The van der Waals surface area contributed by atoms with Gasteiger partial charge >= 0.3 is 0 Å². The topological polar surface area (TPSA) is 30.2 Å². The maximum atomic E-state index is 12.0. The third-order valence-corrected chi connectivity index (χ3v) is 3.49. The number of ketones is 1. The molecule has 0 bridgehead atoms. The van der Waals surface area contributed by atoms with Crippen molar-refractivity contribution in [1.82, 2.24) is 0 Å². The standard InChI is InChI=1S/C10H6Cl2O2S/c1-5-3-14-4-7(5)9(13)6-2-8(11)15-10(6)12/h2-4H,1H3. The van der Waals surface area contributed by atoms with Gasteiger partial charge in [0.15, 0.2) is 5.78 Å². The Morgan fingerprint density at radius 1 is 1.33 bits per heavy atom. The number of hydrogen-bond donors (Lipinski definition) is 0. The van der Waals surface area contributed by atoms with Crippen molar-refractivity contribution in [2.24, 2.45) is 0 Å². The minimum Gasteiger partial charge on any atom is -0.472 e. The van der Waals surface area contributed by atoms with Crippen LogP contribution in [-0.2, 0) is 0 Å². The van der Waals surface area contributed by atoms with Crippen LogP contribution in [0.3, 0.4) is 0 Å². The summed E-state index contributed by atoms with van der Waals surface area (Å²) < 4.78 is 5.85. The number of thiophene rings is 1. The third-order valence-electron chi connectivity index (χ3n) is 2.00. The monoisotopic (exact) mass is 260 g/mol. The lowest BCUT2D eigenvalue weighted by atomic mass is 10.1. The summed E-state index contributed by atoms with van der Waals surface area (Å²) in [6.07, 6.45) is 2.94. The van der Waals surface area contributed by atoms with Crippen LogP contribution in [0.4, 0.5) is 0 Å². The summed E-state index contributed by atoms with van der Waals surface area (Å²) >= 11 is 12.8. The highest BCUT2D eigenvalue weighted by Crippen LogP contribution is 2.33. The lowest BCUT2D eigenvalue weighted by Gasteiger charge is -1.95. The summed E-state index contributed by atoms with van der Waals surface area (Å²) in [5.41, 5.74) is 1.74. The zero-order valence-corrected chi connectivity index (χ0v) is 10.0. The van der Waals surface area contributed by atoms with Crippen LogP contribution in [-0.4, -0.2) is 5.78 Å². The average molecular weight is 261 g/mol. The Morgan fingerprint density at radius 2 is 2.07 bits per heavy atom. The van der Waals surface area contributed by atoms with Gasteiger partial charge in [-0.2, -0.15) is 0 Å². The van der Waals surface area contributed by atoms with Gasteiger partial charge in [-0.05, 0) is 18.6 Å². The molecular weight excluding hydrogens is 255 g/mol. The summed E-state index contributed by atoms with van der Waals surface area (Å²) in [5.74, 6) is -0.158. The second-order valence-electron chi connectivity index (χ2n) is 3.04. The molecule has 78 valence electrons. The number of rotatable bonds is 2. The molecule has 0 aromatic carbocycles. The maximum absolute atomic E-state index is 12.0. The third kappa shape index (κ3) is 1.95. The molecule has 2 rings (SSSR count). The quantitative estimate of drug-likeness (QED) is 0.759. The van der Waals surface area contributed by atoms with Crippen LogP contribution >= 0.6 is 34.5 Å². The van der Waals surface area contributed by atoms with Gasteiger partial charge in [0.05, 0.1) is 21.7 Å². The molecule has 0 radical (unpaired) electrons. The fourth-order valence-corrected chi connectivity index (χ4v) is 2.69. The van der Waals surface area contributed by atoms with Crippen LogP contribution in [0.25, 0.3) is 0 Å². The molecule has 15 heavy (non-hydrogen) atoms. The molecule has 2 aromatic heterocycles. The van der Waals surface area contributed by atoms with Gasteiger partial charge in [0.25, 0.3) is 0 Å². The van der Waals surface area contributed by atoms with Gasteiger partial charge in [0.1, 0.15) is 10.6 Å². The van der Waals surface area contributed by atoms with E-state index in [4.69, 9.17) is 27.6 Å². The molecule has 2 heterocycles. The minimum absolute atomic E-state index is 0.158. The summed E-state index contributed by atoms with van der Waals surface area (Å²) in [6, 6.07) is 1.57. The first-order valence-electron chi connectivity index (χ1n) is 4.12. The van der Waals surface area contributed by atoms with Crippen molar-refractivity contribution >= 4 is 40.3 Å². The predicted molar refractivity (Wildman–Crippen MR) is 61.2 cm³/mol. The highest BCUT2D eigenvalue weighted by atomic mass is 35.5. The summed E-state index contributed by atoms with van der Waals surface area (Å²) in [4.78, 5) is 12.0. The van der Waals surface area contributed by atoms with Gasteiger partial charge < -0.3 is 4.42 Å². The molecule has 0 aliphatic carbocycles. The van der Waals surface area contributed by atoms with Crippen molar-refractivity contribution in [3.05, 3.63) is 44.0 Å². The molecule has 0 amide bonds. The van der Waals surface area contributed by atoms with E-state index in [-0.39, 0.29) is 5.78 Å². The second-order valence-corrected chi connectivity index (χ2v) is 5.32. The highest BCUT2D eigenvalue weighted by molar-refractivity contribution is 7.20. The van der Waals surface area contributed by atoms with Crippen molar-refractivity contribution in [2.45, 2.75) is 6.92 Å². The molecule has 5 heteroatoms. The fraction of sp³-hybridized carbons (Fsp3) is 0.100. The molecule has 0 saturated carbocycles. The molecule has 0 N–H and O–H groups in total. The van der Waals surface area contributed by atoms with E-state index < -0.39 is 0 Å². The van der Waals surface area contributed by atoms with Gasteiger partial charge in [-0.3, -0.25) is 4.79 Å². The van der Waals surface area contributed by atoms with Crippen molar-refractivity contribution in [3.8, 4) is 0 Å². The number of aryl methyl sites for hydroxylation is 1. The van der Waals surface area contributed by atoms with Crippen LogP contribution in [0.1, 0.15) is 21.5 Å². The van der Waals surface area contributed by atoms with Crippen LogP contribution in [0.15, 0.2) is 23.0 Å². The van der Waals surface area contributed by atoms with E-state index in [9.17, 15) is 4.79 Å². The van der Waals surface area contributed by atoms with Crippen molar-refractivity contribution < 1.29 is 9.21 Å². The van der Waals surface area contributed by atoms with Crippen LogP contribution < -0.4 is 0 Å². The molecule has 0 unspecified atom stereocenters. The Bertz CT molecular complexity index is 513. The average Bonchev–Trinajstić information content (AvgIpc) is 2.71. The largest absolute Gasteiger partial charge is 0.472 e. The van der Waals surface area contributed by atoms with E-state index in [1.165, 1.54) is 23.9 Å². The first kappa shape index (κ1) is 10.7. The van der Waals surface area contributed by atoms with E-state index in [0.29, 0.717) is 19.8 Å². The van der Waals surface area contributed by atoms with Crippen LogP contribution in [0.5, 0.6) is 0 Å². The van der Waals surface area contributed by atoms with E-state index >= 15 is 0 Å². The van der Waals surface area contributed by atoms with Gasteiger partial charge in [-0.15, -0.1) is 11.3 Å². The van der Waals surface area contributed by atoms with Gasteiger partial charge in [0, 0.05) is 0 Å². The molecule has 0 spiro atoms. The van der Waals surface area contributed by atoms with E-state index in [2.05, 4.69) is 0 Å². The number of halogens is 2. The number of furan rings is 1. The van der Waals surface area contributed by atoms with E-state index in [0.717, 1.165) is 5.56 Å². The first-order valence-corrected chi connectivity index (χ1v) is 5.69. The molecule has 0 aliphatic heterocycles. The smallest absolute Gasteiger partial charge is 0.198 e. The molecule has 0 fully saturated rings. The van der Waals surface area contributed by atoms with Crippen molar-refractivity contribution in [1.29, 1.82) is 0 Å². The van der Waals surface area contributed by atoms with Gasteiger partial charge in [0.2, 0.25) is 0 Å².